The molecule has 1 atom stereocenters. The summed E-state index contributed by atoms with van der Waals surface area (Å²) in [5.41, 5.74) is 3.48. The predicted octanol–water partition coefficient (Wildman–Crippen LogP) is 3.33. The van der Waals surface area contributed by atoms with Gasteiger partial charge in [0.1, 0.15) is 0 Å². The third kappa shape index (κ3) is 4.56. The normalized spacial score (nSPS) is 19.3. The molecule has 1 saturated heterocycles. The van der Waals surface area contributed by atoms with Crippen LogP contribution in [0.1, 0.15) is 37.3 Å². The maximum absolute atomic E-state index is 13.4. The zero-order valence-electron chi connectivity index (χ0n) is 18.5. The van der Waals surface area contributed by atoms with Crippen LogP contribution < -0.4 is 10.2 Å². The summed E-state index contributed by atoms with van der Waals surface area (Å²) in [6.45, 7) is 4.71. The van der Waals surface area contributed by atoms with Gasteiger partial charge in [-0.1, -0.05) is 17.7 Å². The van der Waals surface area contributed by atoms with E-state index in [1.54, 1.807) is 23.1 Å². The number of anilines is 2. The highest BCUT2D eigenvalue weighted by molar-refractivity contribution is 7.89. The summed E-state index contributed by atoms with van der Waals surface area (Å²) in [7, 11) is -3.73. The number of hydrogen-bond donors (Lipinski definition) is 1. The summed E-state index contributed by atoms with van der Waals surface area (Å²) in [6.07, 6.45) is 2.83. The maximum atomic E-state index is 13.4. The molecule has 2 aromatic rings. The van der Waals surface area contributed by atoms with Gasteiger partial charge in [-0.2, -0.15) is 4.31 Å². The monoisotopic (exact) mass is 455 g/mol. The highest BCUT2D eigenvalue weighted by Crippen LogP contribution is 2.32. The van der Waals surface area contributed by atoms with Gasteiger partial charge in [-0.25, -0.2) is 8.42 Å². The summed E-state index contributed by atoms with van der Waals surface area (Å²) in [5, 5.41) is 2.91. The minimum atomic E-state index is -3.73. The molecule has 0 saturated carbocycles. The SMILES string of the molecule is CC(=O)N1CCCc2cc(S(=O)(=O)N3CCC[C@@H](C(=O)Nc4ccc(C)cc4)C3)ccc21. The van der Waals surface area contributed by atoms with Gasteiger partial charge in [0.15, 0.2) is 0 Å². The van der Waals surface area contributed by atoms with E-state index in [1.807, 2.05) is 31.2 Å². The first-order valence-electron chi connectivity index (χ1n) is 11.0. The third-order valence-corrected chi connectivity index (χ3v) is 8.12. The van der Waals surface area contributed by atoms with E-state index in [1.165, 1.54) is 11.2 Å². The summed E-state index contributed by atoms with van der Waals surface area (Å²) in [6, 6.07) is 12.5. The van der Waals surface area contributed by atoms with Gasteiger partial charge in [-0.15, -0.1) is 0 Å². The minimum absolute atomic E-state index is 0.0416. The Morgan fingerprint density at radius 2 is 1.78 bits per heavy atom. The van der Waals surface area contributed by atoms with Crippen molar-refractivity contribution >= 4 is 33.2 Å². The zero-order valence-corrected chi connectivity index (χ0v) is 19.3. The molecule has 0 bridgehead atoms. The number of piperidine rings is 1. The van der Waals surface area contributed by atoms with Gasteiger partial charge in [0.05, 0.1) is 10.8 Å². The number of benzene rings is 2. The Kier molecular flexibility index (Phi) is 6.35. The van der Waals surface area contributed by atoms with Gasteiger partial charge in [0.25, 0.3) is 0 Å². The summed E-state index contributed by atoms with van der Waals surface area (Å²) in [4.78, 5) is 26.6. The minimum Gasteiger partial charge on any atom is -0.326 e. The molecule has 0 aliphatic carbocycles. The number of sulfonamides is 1. The van der Waals surface area contributed by atoms with Gasteiger partial charge in [0.2, 0.25) is 21.8 Å². The lowest BCUT2D eigenvalue weighted by atomic mass is 9.98. The Bertz CT molecular complexity index is 1130. The highest BCUT2D eigenvalue weighted by Gasteiger charge is 2.34. The van der Waals surface area contributed by atoms with E-state index in [9.17, 15) is 18.0 Å². The second-order valence-corrected chi connectivity index (χ2v) is 10.6. The van der Waals surface area contributed by atoms with Crippen LogP contribution in [0.3, 0.4) is 0 Å². The first-order chi connectivity index (χ1) is 15.3. The molecule has 4 rings (SSSR count). The number of amides is 2. The molecule has 2 aromatic carbocycles. The third-order valence-electron chi connectivity index (χ3n) is 6.26. The fourth-order valence-corrected chi connectivity index (χ4v) is 6.04. The van der Waals surface area contributed by atoms with E-state index in [4.69, 9.17) is 0 Å². The van der Waals surface area contributed by atoms with Gasteiger partial charge in [0, 0.05) is 37.9 Å². The largest absolute Gasteiger partial charge is 0.326 e. The number of fused-ring (bicyclic) bond motifs is 1. The molecule has 1 fully saturated rings. The van der Waals surface area contributed by atoms with Gasteiger partial charge >= 0.3 is 0 Å². The molecule has 2 heterocycles. The van der Waals surface area contributed by atoms with Crippen molar-refractivity contribution < 1.29 is 18.0 Å². The number of aryl methyl sites for hydroxylation is 2. The lowest BCUT2D eigenvalue weighted by molar-refractivity contribution is -0.121. The number of carbonyl (C=O) groups is 2. The van der Waals surface area contributed by atoms with E-state index in [2.05, 4.69) is 5.32 Å². The Morgan fingerprint density at radius 3 is 2.50 bits per heavy atom. The molecular formula is C24H29N3O4S. The van der Waals surface area contributed by atoms with Crippen molar-refractivity contribution in [1.82, 2.24) is 4.31 Å². The average molecular weight is 456 g/mol. The fourth-order valence-electron chi connectivity index (χ4n) is 4.47. The van der Waals surface area contributed by atoms with Gasteiger partial charge < -0.3 is 10.2 Å². The van der Waals surface area contributed by atoms with Gasteiger partial charge in [-0.3, -0.25) is 9.59 Å². The first-order valence-corrected chi connectivity index (χ1v) is 12.5. The fraction of sp³-hybridized carbons (Fsp3) is 0.417. The maximum Gasteiger partial charge on any atom is 0.243 e. The number of rotatable bonds is 4. The van der Waals surface area contributed by atoms with Crippen molar-refractivity contribution in [3.63, 3.8) is 0 Å². The molecule has 0 aromatic heterocycles. The molecule has 1 N–H and O–H groups in total. The second kappa shape index (κ2) is 9.03. The van der Waals surface area contributed by atoms with Crippen LogP contribution in [0.15, 0.2) is 47.4 Å². The number of nitrogens with one attached hydrogen (secondary N) is 1. The molecule has 0 spiro atoms. The van der Waals surface area contributed by atoms with Crippen LogP contribution in [0, 0.1) is 12.8 Å². The van der Waals surface area contributed by atoms with Crippen LogP contribution in [0.4, 0.5) is 11.4 Å². The van der Waals surface area contributed by atoms with Crippen molar-refractivity contribution in [3.05, 3.63) is 53.6 Å². The Hall–Kier alpha value is -2.71. The van der Waals surface area contributed by atoms with Crippen molar-refractivity contribution in [1.29, 1.82) is 0 Å². The van der Waals surface area contributed by atoms with Crippen molar-refractivity contribution in [3.8, 4) is 0 Å². The lowest BCUT2D eigenvalue weighted by Gasteiger charge is -2.32. The summed E-state index contributed by atoms with van der Waals surface area (Å²) in [5.74, 6) is -0.595. The molecule has 32 heavy (non-hydrogen) atoms. The number of carbonyl (C=O) groups excluding carboxylic acids is 2. The molecule has 8 heteroatoms. The topological polar surface area (TPSA) is 86.8 Å². The van der Waals surface area contributed by atoms with Crippen LogP contribution in [-0.2, 0) is 26.0 Å². The van der Waals surface area contributed by atoms with Crippen LogP contribution in [-0.4, -0.2) is 44.2 Å². The Morgan fingerprint density at radius 1 is 1.03 bits per heavy atom. The van der Waals surface area contributed by atoms with Crippen molar-refractivity contribution in [2.45, 2.75) is 44.4 Å². The van der Waals surface area contributed by atoms with Crippen LogP contribution in [0.5, 0.6) is 0 Å². The van der Waals surface area contributed by atoms with E-state index in [0.29, 0.717) is 31.6 Å². The molecule has 7 nitrogen and oxygen atoms in total. The number of hydrogen-bond acceptors (Lipinski definition) is 4. The molecule has 2 amide bonds. The molecule has 0 radical (unpaired) electrons. The van der Waals surface area contributed by atoms with Gasteiger partial charge in [-0.05, 0) is 68.5 Å². The quantitative estimate of drug-likeness (QED) is 0.766. The highest BCUT2D eigenvalue weighted by atomic mass is 32.2. The standard InChI is InChI=1S/C24H29N3O4S/c1-17-7-9-21(10-8-17)25-24(29)20-6-3-13-26(16-20)32(30,31)22-11-12-23-19(15-22)5-4-14-27(23)18(2)28/h7-12,15,20H,3-6,13-14,16H2,1-2H3,(H,25,29)/t20-/m1/s1. The van der Waals surface area contributed by atoms with Crippen LogP contribution in [0.25, 0.3) is 0 Å². The molecule has 2 aliphatic rings. The van der Waals surface area contributed by atoms with Crippen molar-refractivity contribution in [2.75, 3.05) is 29.9 Å². The number of nitrogens with zero attached hydrogens (tertiary/aromatic N) is 2. The molecular weight excluding hydrogens is 426 g/mol. The molecule has 2 aliphatic heterocycles. The van der Waals surface area contributed by atoms with E-state index in [-0.39, 0.29) is 23.3 Å². The smallest absolute Gasteiger partial charge is 0.243 e. The molecule has 0 unspecified atom stereocenters. The van der Waals surface area contributed by atoms with Crippen LogP contribution in [0.2, 0.25) is 0 Å². The summed E-state index contributed by atoms with van der Waals surface area (Å²) >= 11 is 0. The van der Waals surface area contributed by atoms with E-state index < -0.39 is 15.9 Å². The van der Waals surface area contributed by atoms with E-state index in [0.717, 1.165) is 29.7 Å². The Labute approximate surface area is 189 Å². The van der Waals surface area contributed by atoms with E-state index >= 15 is 0 Å². The first kappa shape index (κ1) is 22.5. The predicted molar refractivity (Wildman–Crippen MR) is 124 cm³/mol. The lowest BCUT2D eigenvalue weighted by Crippen LogP contribution is -2.43. The average Bonchev–Trinajstić information content (AvgIpc) is 2.79. The second-order valence-electron chi connectivity index (χ2n) is 8.62. The Balaban J connectivity index is 1.50. The molecule has 170 valence electrons. The zero-order chi connectivity index (χ0) is 22.9. The van der Waals surface area contributed by atoms with Crippen molar-refractivity contribution in [2.24, 2.45) is 5.92 Å². The van der Waals surface area contributed by atoms with Crippen LogP contribution >= 0.6 is 0 Å². The summed E-state index contributed by atoms with van der Waals surface area (Å²) < 4.78 is 28.2.